The van der Waals surface area contributed by atoms with Gasteiger partial charge in [0.1, 0.15) is 0 Å². The number of carbonyl (C=O) groups excluding carboxylic acids is 1. The first kappa shape index (κ1) is 23.0. The van der Waals surface area contributed by atoms with Crippen molar-refractivity contribution in [3.63, 3.8) is 0 Å². The van der Waals surface area contributed by atoms with Crippen molar-refractivity contribution in [2.75, 3.05) is 19.6 Å². The fourth-order valence-corrected chi connectivity index (χ4v) is 4.43. The van der Waals surface area contributed by atoms with Crippen molar-refractivity contribution in [1.29, 1.82) is 0 Å². The molecule has 2 aromatic carbocycles. The minimum absolute atomic E-state index is 0.292. The highest BCUT2D eigenvalue weighted by molar-refractivity contribution is 5.74. The van der Waals surface area contributed by atoms with E-state index in [1.807, 2.05) is 0 Å². The molecule has 1 heterocycles. The Balaban J connectivity index is 1.47. The maximum Gasteiger partial charge on any atom is 0.243 e. The number of hydrogen-bond acceptors (Lipinski definition) is 4. The van der Waals surface area contributed by atoms with Gasteiger partial charge in [0.05, 0.1) is 6.04 Å². The number of hydroxylamine groups is 1. The molecule has 3 N–H and O–H groups in total. The number of rotatable bonds is 11. The Morgan fingerprint density at radius 2 is 1.55 bits per heavy atom. The first-order chi connectivity index (χ1) is 15.2. The van der Waals surface area contributed by atoms with E-state index in [0.717, 1.165) is 57.4 Å². The van der Waals surface area contributed by atoms with E-state index >= 15 is 0 Å². The second kappa shape index (κ2) is 12.3. The smallest absolute Gasteiger partial charge is 0.243 e. The number of allylic oxidation sites excluding steroid dienone is 1. The van der Waals surface area contributed by atoms with E-state index in [0.29, 0.717) is 18.4 Å². The van der Waals surface area contributed by atoms with Gasteiger partial charge in [-0.15, -0.1) is 0 Å². The summed E-state index contributed by atoms with van der Waals surface area (Å²) in [5.74, 6) is 0.192. The fraction of sp³-hybridized carbons (Fsp3) is 0.423. The number of nitrogens with one attached hydrogen (secondary N) is 2. The lowest BCUT2D eigenvalue weighted by atomic mass is 9.90. The summed E-state index contributed by atoms with van der Waals surface area (Å²) in [6.45, 7) is 7.29. The van der Waals surface area contributed by atoms with Gasteiger partial charge in [0.25, 0.3) is 0 Å². The number of likely N-dealkylation sites (tertiary alicyclic amines) is 1. The van der Waals surface area contributed by atoms with Crippen LogP contribution in [0.3, 0.4) is 0 Å². The quantitative estimate of drug-likeness (QED) is 0.281. The Morgan fingerprint density at radius 1 is 0.968 bits per heavy atom. The summed E-state index contributed by atoms with van der Waals surface area (Å²) in [5, 5.41) is 12.0. The zero-order valence-electron chi connectivity index (χ0n) is 18.3. The van der Waals surface area contributed by atoms with Crippen LogP contribution < -0.4 is 10.8 Å². The van der Waals surface area contributed by atoms with Gasteiger partial charge in [-0.1, -0.05) is 73.7 Å². The summed E-state index contributed by atoms with van der Waals surface area (Å²) in [6.07, 6.45) is 5.35. The molecule has 1 saturated heterocycles. The SMILES string of the molecule is C=C(NCCCCCC(=O)NO)C1CCN(C(c2ccccc2)c2ccccc2)CC1. The highest BCUT2D eigenvalue weighted by Crippen LogP contribution is 2.33. The average Bonchev–Trinajstić information content (AvgIpc) is 2.83. The van der Waals surface area contributed by atoms with Crippen molar-refractivity contribution < 1.29 is 10.0 Å². The van der Waals surface area contributed by atoms with E-state index in [9.17, 15) is 4.79 Å². The number of benzene rings is 2. The van der Waals surface area contributed by atoms with Crippen molar-refractivity contribution in [3.05, 3.63) is 84.1 Å². The predicted octanol–water partition coefficient (Wildman–Crippen LogP) is 4.66. The van der Waals surface area contributed by atoms with Crippen molar-refractivity contribution in [3.8, 4) is 0 Å². The average molecular weight is 422 g/mol. The molecule has 0 unspecified atom stereocenters. The molecular weight excluding hydrogens is 386 g/mol. The van der Waals surface area contributed by atoms with Crippen LogP contribution >= 0.6 is 0 Å². The van der Waals surface area contributed by atoms with Crippen LogP contribution in [-0.2, 0) is 4.79 Å². The molecule has 1 aliphatic heterocycles. The molecule has 0 atom stereocenters. The molecule has 5 heteroatoms. The van der Waals surface area contributed by atoms with E-state index < -0.39 is 0 Å². The molecule has 3 rings (SSSR count). The maximum atomic E-state index is 11.0. The molecule has 1 amide bonds. The third-order valence-electron chi connectivity index (χ3n) is 6.18. The fourth-order valence-electron chi connectivity index (χ4n) is 4.43. The van der Waals surface area contributed by atoms with E-state index in [1.165, 1.54) is 11.1 Å². The number of carbonyl (C=O) groups is 1. The number of amides is 1. The topological polar surface area (TPSA) is 64.6 Å². The van der Waals surface area contributed by atoms with Gasteiger partial charge >= 0.3 is 0 Å². The molecule has 0 aromatic heterocycles. The number of hydrogen-bond donors (Lipinski definition) is 3. The molecule has 0 spiro atoms. The molecule has 0 saturated carbocycles. The summed E-state index contributed by atoms with van der Waals surface area (Å²) in [7, 11) is 0. The largest absolute Gasteiger partial charge is 0.389 e. The summed E-state index contributed by atoms with van der Waals surface area (Å²) in [4.78, 5) is 13.6. The van der Waals surface area contributed by atoms with Crippen LogP contribution in [0.15, 0.2) is 72.9 Å². The van der Waals surface area contributed by atoms with E-state index in [2.05, 4.69) is 77.5 Å². The van der Waals surface area contributed by atoms with Gasteiger partial charge in [0.2, 0.25) is 5.91 Å². The van der Waals surface area contributed by atoms with E-state index in [-0.39, 0.29) is 5.91 Å². The number of piperidine rings is 1. The molecule has 166 valence electrons. The summed E-state index contributed by atoms with van der Waals surface area (Å²) >= 11 is 0. The summed E-state index contributed by atoms with van der Waals surface area (Å²) in [5.41, 5.74) is 5.51. The van der Waals surface area contributed by atoms with Crippen LogP contribution in [0, 0.1) is 5.92 Å². The lowest BCUT2D eigenvalue weighted by molar-refractivity contribution is -0.129. The molecule has 1 fully saturated rings. The predicted molar refractivity (Wildman–Crippen MR) is 125 cm³/mol. The first-order valence-electron chi connectivity index (χ1n) is 11.4. The molecule has 5 nitrogen and oxygen atoms in total. The van der Waals surface area contributed by atoms with Gasteiger partial charge in [0.15, 0.2) is 0 Å². The lowest BCUT2D eigenvalue weighted by Crippen LogP contribution is -2.39. The molecule has 0 bridgehead atoms. The minimum Gasteiger partial charge on any atom is -0.389 e. The zero-order valence-corrected chi connectivity index (χ0v) is 18.3. The molecular formula is C26H35N3O2. The van der Waals surface area contributed by atoms with Crippen molar-refractivity contribution in [2.24, 2.45) is 5.92 Å². The third-order valence-corrected chi connectivity index (χ3v) is 6.18. The molecule has 0 radical (unpaired) electrons. The second-order valence-corrected chi connectivity index (χ2v) is 8.33. The van der Waals surface area contributed by atoms with Gasteiger partial charge in [0, 0.05) is 24.6 Å². The van der Waals surface area contributed by atoms with Crippen LogP contribution in [0.4, 0.5) is 0 Å². The van der Waals surface area contributed by atoms with Gasteiger partial charge in [-0.3, -0.25) is 14.9 Å². The van der Waals surface area contributed by atoms with E-state index in [1.54, 1.807) is 5.48 Å². The molecule has 0 aliphatic carbocycles. The highest BCUT2D eigenvalue weighted by Gasteiger charge is 2.28. The third kappa shape index (κ3) is 6.94. The minimum atomic E-state index is -0.312. The van der Waals surface area contributed by atoms with Crippen LogP contribution in [0.2, 0.25) is 0 Å². The first-order valence-corrected chi connectivity index (χ1v) is 11.4. The Bertz CT molecular complexity index is 762. The molecule has 2 aromatic rings. The van der Waals surface area contributed by atoms with Crippen LogP contribution in [-0.4, -0.2) is 35.6 Å². The van der Waals surface area contributed by atoms with E-state index in [4.69, 9.17) is 5.21 Å². The summed E-state index contributed by atoms with van der Waals surface area (Å²) in [6, 6.07) is 21.9. The summed E-state index contributed by atoms with van der Waals surface area (Å²) < 4.78 is 0. The molecule has 31 heavy (non-hydrogen) atoms. The highest BCUT2D eigenvalue weighted by atomic mass is 16.5. The van der Waals surface area contributed by atoms with Crippen LogP contribution in [0.25, 0.3) is 0 Å². The Kier molecular flexibility index (Phi) is 9.13. The Hall–Kier alpha value is -2.63. The van der Waals surface area contributed by atoms with Crippen molar-refractivity contribution >= 4 is 5.91 Å². The lowest BCUT2D eigenvalue weighted by Gasteiger charge is -2.38. The normalized spacial score (nSPS) is 15.0. The Labute approximate surface area is 186 Å². The van der Waals surface area contributed by atoms with Gasteiger partial charge < -0.3 is 5.32 Å². The second-order valence-electron chi connectivity index (χ2n) is 8.33. The number of nitrogens with zero attached hydrogens (tertiary/aromatic N) is 1. The van der Waals surface area contributed by atoms with Gasteiger partial charge in [-0.2, -0.15) is 0 Å². The van der Waals surface area contributed by atoms with Crippen molar-refractivity contribution in [1.82, 2.24) is 15.7 Å². The zero-order chi connectivity index (χ0) is 21.9. The van der Waals surface area contributed by atoms with Gasteiger partial charge in [-0.05, 0) is 49.9 Å². The van der Waals surface area contributed by atoms with Crippen LogP contribution in [0.5, 0.6) is 0 Å². The Morgan fingerprint density at radius 3 is 2.10 bits per heavy atom. The van der Waals surface area contributed by atoms with Gasteiger partial charge in [-0.25, -0.2) is 5.48 Å². The monoisotopic (exact) mass is 421 g/mol. The maximum absolute atomic E-state index is 11.0. The van der Waals surface area contributed by atoms with Crippen molar-refractivity contribution in [2.45, 2.75) is 44.6 Å². The number of unbranched alkanes of at least 4 members (excludes halogenated alkanes) is 2. The molecule has 1 aliphatic rings. The van der Waals surface area contributed by atoms with Crippen LogP contribution in [0.1, 0.15) is 55.7 Å². The standard InChI is InChI=1S/C26H35N3O2/c1-21(27-18-10-4-9-15-25(30)28-31)22-16-19-29(20-17-22)26(23-11-5-2-6-12-23)24-13-7-3-8-14-24/h2-3,5-8,11-14,22,26-27,31H,1,4,9-10,15-20H2,(H,28,30).